The third-order valence-electron chi connectivity index (χ3n) is 3.97. The van der Waals surface area contributed by atoms with E-state index in [1.165, 1.54) is 0 Å². The molecule has 0 saturated carbocycles. The zero-order valence-corrected chi connectivity index (χ0v) is 16.9. The van der Waals surface area contributed by atoms with Gasteiger partial charge >= 0.3 is 0 Å². The van der Waals surface area contributed by atoms with E-state index >= 15 is 0 Å². The van der Waals surface area contributed by atoms with Gasteiger partial charge in [0.1, 0.15) is 24.7 Å². The van der Waals surface area contributed by atoms with Crippen molar-refractivity contribution in [3.63, 3.8) is 0 Å². The van der Waals surface area contributed by atoms with Crippen molar-refractivity contribution in [3.8, 4) is 11.5 Å². The van der Waals surface area contributed by atoms with Crippen molar-refractivity contribution < 1.29 is 23.7 Å². The van der Waals surface area contributed by atoms with Crippen LogP contribution in [0.1, 0.15) is 11.1 Å². The lowest BCUT2D eigenvalue weighted by atomic mass is 10.2. The number of benzene rings is 2. The van der Waals surface area contributed by atoms with Crippen LogP contribution in [0.4, 0.5) is 0 Å². The SMILES string of the molecule is C=Cc1ccc(OCCOCCOCCOCCOc2ccc(C=C)cc2)cc1. The van der Waals surface area contributed by atoms with Crippen LogP contribution in [0.2, 0.25) is 0 Å². The molecule has 0 aliphatic carbocycles. The van der Waals surface area contributed by atoms with E-state index in [1.54, 1.807) is 12.2 Å². The molecular formula is C24H30O5. The van der Waals surface area contributed by atoms with Crippen LogP contribution in [-0.2, 0) is 14.2 Å². The minimum atomic E-state index is 0.507. The Morgan fingerprint density at radius 3 is 1.10 bits per heavy atom. The summed E-state index contributed by atoms with van der Waals surface area (Å²) < 4.78 is 27.6. The molecule has 0 fully saturated rings. The number of rotatable bonds is 16. The molecule has 29 heavy (non-hydrogen) atoms. The quantitative estimate of drug-likeness (QED) is 0.390. The van der Waals surface area contributed by atoms with Gasteiger partial charge < -0.3 is 23.7 Å². The van der Waals surface area contributed by atoms with Crippen LogP contribution in [0.15, 0.2) is 61.7 Å². The normalized spacial score (nSPS) is 10.5. The third kappa shape index (κ3) is 9.94. The molecule has 0 aliphatic heterocycles. The fourth-order valence-electron chi connectivity index (χ4n) is 2.38. The van der Waals surface area contributed by atoms with Gasteiger partial charge in [-0.3, -0.25) is 0 Å². The van der Waals surface area contributed by atoms with E-state index in [1.807, 2.05) is 48.5 Å². The first-order chi connectivity index (χ1) is 14.3. The predicted octanol–water partition coefficient (Wildman–Crippen LogP) is 4.48. The van der Waals surface area contributed by atoms with E-state index < -0.39 is 0 Å². The van der Waals surface area contributed by atoms with Crippen molar-refractivity contribution in [1.82, 2.24) is 0 Å². The molecule has 156 valence electrons. The molecule has 0 amide bonds. The van der Waals surface area contributed by atoms with Crippen molar-refractivity contribution in [3.05, 3.63) is 72.8 Å². The topological polar surface area (TPSA) is 46.2 Å². The molecule has 0 spiro atoms. The van der Waals surface area contributed by atoms with Gasteiger partial charge in [0.25, 0.3) is 0 Å². The maximum absolute atomic E-state index is 5.60. The molecule has 0 N–H and O–H groups in total. The highest BCUT2D eigenvalue weighted by atomic mass is 16.6. The maximum atomic E-state index is 5.60. The molecule has 0 radical (unpaired) electrons. The van der Waals surface area contributed by atoms with Gasteiger partial charge in [-0.25, -0.2) is 0 Å². The summed E-state index contributed by atoms with van der Waals surface area (Å²) in [6, 6.07) is 15.5. The van der Waals surface area contributed by atoms with Crippen LogP contribution >= 0.6 is 0 Å². The lowest BCUT2D eigenvalue weighted by Crippen LogP contribution is -2.14. The second-order valence-corrected chi connectivity index (χ2v) is 6.08. The first kappa shape index (κ1) is 22.7. The van der Waals surface area contributed by atoms with E-state index in [0.29, 0.717) is 52.9 Å². The molecule has 0 atom stereocenters. The molecule has 0 aliphatic rings. The summed E-state index contributed by atoms with van der Waals surface area (Å²) in [5, 5.41) is 0. The molecule has 5 heteroatoms. The molecule has 0 unspecified atom stereocenters. The zero-order chi connectivity index (χ0) is 20.6. The Labute approximate surface area is 173 Å². The fourth-order valence-corrected chi connectivity index (χ4v) is 2.38. The average Bonchev–Trinajstić information content (AvgIpc) is 2.77. The van der Waals surface area contributed by atoms with E-state index in [-0.39, 0.29) is 0 Å². The minimum Gasteiger partial charge on any atom is -0.491 e. The highest BCUT2D eigenvalue weighted by Gasteiger charge is 1.96. The van der Waals surface area contributed by atoms with Crippen molar-refractivity contribution in [1.29, 1.82) is 0 Å². The number of ether oxygens (including phenoxy) is 5. The number of hydrogen-bond donors (Lipinski definition) is 0. The van der Waals surface area contributed by atoms with Crippen LogP contribution in [0.3, 0.4) is 0 Å². The van der Waals surface area contributed by atoms with Crippen LogP contribution in [0, 0.1) is 0 Å². The standard InChI is InChI=1S/C24H30O5/c1-3-21-5-9-23(10-6-21)28-19-17-26-15-13-25-14-16-27-18-20-29-24-11-7-22(4-2)8-12-24/h3-12H,1-2,13-20H2. The maximum Gasteiger partial charge on any atom is 0.119 e. The van der Waals surface area contributed by atoms with Crippen LogP contribution < -0.4 is 9.47 Å². The summed E-state index contributed by atoms with van der Waals surface area (Å²) >= 11 is 0. The molecule has 0 saturated heterocycles. The Hall–Kier alpha value is -2.60. The van der Waals surface area contributed by atoms with E-state index in [9.17, 15) is 0 Å². The average molecular weight is 398 g/mol. The molecular weight excluding hydrogens is 368 g/mol. The first-order valence-corrected chi connectivity index (χ1v) is 9.75. The van der Waals surface area contributed by atoms with E-state index in [4.69, 9.17) is 23.7 Å². The monoisotopic (exact) mass is 398 g/mol. The highest BCUT2D eigenvalue weighted by molar-refractivity contribution is 5.48. The summed E-state index contributed by atoms with van der Waals surface area (Å²) in [5.41, 5.74) is 2.14. The van der Waals surface area contributed by atoms with Gasteiger partial charge in [0, 0.05) is 0 Å². The van der Waals surface area contributed by atoms with Gasteiger partial charge in [-0.1, -0.05) is 49.6 Å². The summed E-state index contributed by atoms with van der Waals surface area (Å²) in [6.45, 7) is 11.6. The Balaban J connectivity index is 1.35. The number of hydrogen-bond acceptors (Lipinski definition) is 5. The van der Waals surface area contributed by atoms with Crippen molar-refractivity contribution in [2.24, 2.45) is 0 Å². The lowest BCUT2D eigenvalue weighted by Gasteiger charge is -2.09. The van der Waals surface area contributed by atoms with Crippen LogP contribution in [0.25, 0.3) is 12.2 Å². The molecule has 5 nitrogen and oxygen atoms in total. The van der Waals surface area contributed by atoms with Crippen molar-refractivity contribution >= 4 is 12.2 Å². The van der Waals surface area contributed by atoms with E-state index in [0.717, 1.165) is 22.6 Å². The zero-order valence-electron chi connectivity index (χ0n) is 16.9. The van der Waals surface area contributed by atoms with Gasteiger partial charge in [0.2, 0.25) is 0 Å². The molecule has 2 aromatic carbocycles. The Kier molecular flexibility index (Phi) is 11.3. The molecule has 2 rings (SSSR count). The first-order valence-electron chi connectivity index (χ1n) is 9.75. The molecule has 2 aromatic rings. The Morgan fingerprint density at radius 2 is 0.793 bits per heavy atom. The summed E-state index contributed by atoms with van der Waals surface area (Å²) in [4.78, 5) is 0. The summed E-state index contributed by atoms with van der Waals surface area (Å²) in [6.07, 6.45) is 3.60. The molecule has 0 heterocycles. The largest absolute Gasteiger partial charge is 0.491 e. The summed E-state index contributed by atoms with van der Waals surface area (Å²) in [7, 11) is 0. The van der Waals surface area contributed by atoms with Gasteiger partial charge in [0.05, 0.1) is 39.6 Å². The summed E-state index contributed by atoms with van der Waals surface area (Å²) in [5.74, 6) is 1.65. The Bertz CT molecular complexity index is 633. The van der Waals surface area contributed by atoms with Gasteiger partial charge in [-0.2, -0.15) is 0 Å². The van der Waals surface area contributed by atoms with E-state index in [2.05, 4.69) is 13.2 Å². The van der Waals surface area contributed by atoms with Crippen molar-refractivity contribution in [2.45, 2.75) is 0 Å². The molecule has 0 bridgehead atoms. The second-order valence-electron chi connectivity index (χ2n) is 6.08. The van der Waals surface area contributed by atoms with Gasteiger partial charge in [-0.15, -0.1) is 0 Å². The van der Waals surface area contributed by atoms with Gasteiger partial charge in [0.15, 0.2) is 0 Å². The smallest absolute Gasteiger partial charge is 0.119 e. The highest BCUT2D eigenvalue weighted by Crippen LogP contribution is 2.13. The fraction of sp³-hybridized carbons (Fsp3) is 0.333. The second kappa shape index (κ2) is 14.4. The Morgan fingerprint density at radius 1 is 0.483 bits per heavy atom. The third-order valence-corrected chi connectivity index (χ3v) is 3.97. The van der Waals surface area contributed by atoms with Crippen LogP contribution in [-0.4, -0.2) is 52.9 Å². The van der Waals surface area contributed by atoms with Crippen molar-refractivity contribution in [2.75, 3.05) is 52.9 Å². The molecule has 0 aromatic heterocycles. The lowest BCUT2D eigenvalue weighted by molar-refractivity contribution is 0.00499. The van der Waals surface area contributed by atoms with Crippen LogP contribution in [0.5, 0.6) is 11.5 Å². The van der Waals surface area contributed by atoms with Gasteiger partial charge in [-0.05, 0) is 35.4 Å². The predicted molar refractivity (Wildman–Crippen MR) is 117 cm³/mol. The minimum absolute atomic E-state index is 0.507.